The zero-order valence-corrected chi connectivity index (χ0v) is 14.4. The van der Waals surface area contributed by atoms with Crippen LogP contribution in [0.5, 0.6) is 0 Å². The van der Waals surface area contributed by atoms with Gasteiger partial charge in [0.1, 0.15) is 0 Å². The maximum atomic E-state index is 13.2. The summed E-state index contributed by atoms with van der Waals surface area (Å²) in [6.07, 6.45) is 0. The van der Waals surface area contributed by atoms with E-state index in [2.05, 4.69) is 47.8 Å². The van der Waals surface area contributed by atoms with Crippen LogP contribution in [0.15, 0.2) is 0 Å². The average molecular weight is 531 g/mol. The lowest BCUT2D eigenvalue weighted by molar-refractivity contribution is 0.0878. The van der Waals surface area contributed by atoms with Gasteiger partial charge in [0.25, 0.3) is 4.04 Å². The van der Waals surface area contributed by atoms with Gasteiger partial charge in [-0.1, -0.05) is 66.7 Å². The number of hydrogen-bond acceptors (Lipinski definition) is 0. The van der Waals surface area contributed by atoms with Crippen molar-refractivity contribution in [2.24, 2.45) is 0 Å². The number of halogens is 10. The molecule has 0 aliphatic heterocycles. The van der Waals surface area contributed by atoms with E-state index in [1.165, 1.54) is 0 Å². The quantitative estimate of drug-likeness (QED) is 0.399. The lowest BCUT2D eigenvalue weighted by Crippen LogP contribution is -2.54. The molecule has 0 saturated carbocycles. The summed E-state index contributed by atoms with van der Waals surface area (Å²) in [5.41, 5.74) is 0. The van der Waals surface area contributed by atoms with E-state index in [0.717, 1.165) is 0 Å². The highest BCUT2D eigenvalue weighted by Crippen LogP contribution is 2.63. The van der Waals surface area contributed by atoms with Gasteiger partial charge in [-0.2, -0.15) is 8.78 Å². The summed E-state index contributed by atoms with van der Waals surface area (Å²) in [5.74, 6) is 0. The Hall–Kier alpha value is 2.58. The van der Waals surface area contributed by atoms with Crippen LogP contribution in [0, 0.1) is 0 Å². The Labute approximate surface area is 127 Å². The predicted octanol–water partition coefficient (Wildman–Crippen LogP) is 5.89. The first kappa shape index (κ1) is 16.6. The van der Waals surface area contributed by atoms with Crippen molar-refractivity contribution in [2.45, 2.75) is 16.4 Å². The summed E-state index contributed by atoms with van der Waals surface area (Å²) in [6, 6.07) is 0. The van der Waals surface area contributed by atoms with Crippen LogP contribution in [0.25, 0.3) is 0 Å². The lowest BCUT2D eigenvalue weighted by atomic mass is 10.3. The van der Waals surface area contributed by atoms with E-state index < -0.39 is 16.4 Å². The summed E-state index contributed by atoms with van der Waals surface area (Å²) in [6.45, 7) is 0. The molecule has 0 bridgehead atoms. The molecule has 3 atom stereocenters. The molecule has 0 nitrogen and oxygen atoms in total. The van der Waals surface area contributed by atoms with Crippen molar-refractivity contribution < 1.29 is 13.2 Å². The summed E-state index contributed by atoms with van der Waals surface area (Å²) in [7, 11) is 0. The first-order chi connectivity index (χ1) is 5.75. The van der Waals surface area contributed by atoms with Crippen molar-refractivity contribution in [1.29, 1.82) is 0 Å². The number of rotatable bonds is 3. The Kier molecular flexibility index (Phi) is 5.55. The fourth-order valence-electron chi connectivity index (χ4n) is 0.356. The van der Waals surface area contributed by atoms with Crippen LogP contribution in [-0.2, 0) is 0 Å². The molecule has 10 heteroatoms. The largest absolute Gasteiger partial charge is 0.332 e. The third-order valence-electron chi connectivity index (χ3n) is 1.11. The normalized spacial score (nSPS) is 26.1. The van der Waals surface area contributed by atoms with Crippen LogP contribution in [0.1, 0.15) is 0 Å². The predicted molar refractivity (Wildman–Crippen MR) is 67.5 cm³/mol. The third kappa shape index (κ3) is 3.07. The van der Waals surface area contributed by atoms with Gasteiger partial charge in [-0.3, -0.25) is 0 Å². The van der Waals surface area contributed by atoms with Gasteiger partial charge in [-0.15, -0.1) is 0 Å². The second kappa shape index (κ2) is 4.69. The van der Waals surface area contributed by atoms with E-state index in [4.69, 9.17) is 34.8 Å². The second-order valence-electron chi connectivity index (χ2n) is 2.14. The van der Waals surface area contributed by atoms with Crippen LogP contribution in [0.4, 0.5) is 13.2 Å². The van der Waals surface area contributed by atoms with Gasteiger partial charge >= 0.3 is 4.83 Å². The van der Waals surface area contributed by atoms with Gasteiger partial charge in [0, 0.05) is 0 Å². The first-order valence-electron chi connectivity index (χ1n) is 2.64. The monoisotopic (exact) mass is 526 g/mol. The highest BCUT2D eigenvalue weighted by molar-refractivity contribution is 9.15. The highest BCUT2D eigenvalue weighted by atomic mass is 79.9. The molecule has 0 N–H and O–H groups in total. The van der Waals surface area contributed by atoms with Gasteiger partial charge in [0.05, 0.1) is 0 Å². The van der Waals surface area contributed by atoms with Gasteiger partial charge < -0.3 is 0 Å². The Morgan fingerprint density at radius 2 is 1.00 bits per heavy atom. The van der Waals surface area contributed by atoms with E-state index in [1.54, 1.807) is 0 Å². The summed E-state index contributed by atoms with van der Waals surface area (Å²) in [4.78, 5) is -3.70. The Balaban J connectivity index is 5.30. The third-order valence-corrected chi connectivity index (χ3v) is 8.81. The van der Waals surface area contributed by atoms with Gasteiger partial charge in [0.2, 0.25) is 3.78 Å². The molecule has 14 heavy (non-hydrogen) atoms. The molecule has 0 radical (unpaired) electrons. The molecule has 0 fully saturated rings. The minimum absolute atomic E-state index is 1.96. The molecular weight excluding hydrogens is 531 g/mol. The molecule has 0 saturated heterocycles. The SMILES string of the molecule is FC(F)(Br)C(Cl)(Br)C(Cl)(Br)C(F)(Cl)Br. The van der Waals surface area contributed by atoms with Gasteiger partial charge in [-0.05, 0) is 31.9 Å². The highest BCUT2D eigenvalue weighted by Gasteiger charge is 2.69. The molecule has 3 unspecified atom stereocenters. The van der Waals surface area contributed by atoms with E-state index in [1.807, 2.05) is 15.9 Å². The molecular formula is C4Br4Cl3F3. The van der Waals surface area contributed by atoms with Gasteiger partial charge in [0.15, 0.2) is 3.78 Å². The van der Waals surface area contributed by atoms with Crippen molar-refractivity contribution in [1.82, 2.24) is 0 Å². The standard InChI is InChI=1S/C4Br4Cl3F3/c5-1(9,3(7,11)12)2(6,10)4(8,13)14. The van der Waals surface area contributed by atoms with Gasteiger partial charge in [-0.25, -0.2) is 4.39 Å². The summed E-state index contributed by atoms with van der Waals surface area (Å²) < 4.78 is 31.0. The van der Waals surface area contributed by atoms with Crippen molar-refractivity contribution in [3.05, 3.63) is 0 Å². The smallest absolute Gasteiger partial charge is 0.210 e. The van der Waals surface area contributed by atoms with Crippen molar-refractivity contribution in [3.8, 4) is 0 Å². The maximum Gasteiger partial charge on any atom is 0.332 e. The summed E-state index contributed by atoms with van der Waals surface area (Å²) in [5, 5.41) is 0. The first-order valence-corrected chi connectivity index (χ1v) is 6.95. The second-order valence-corrected chi connectivity index (χ2v) is 9.64. The zero-order valence-electron chi connectivity index (χ0n) is 5.78. The van der Waals surface area contributed by atoms with E-state index >= 15 is 0 Å². The van der Waals surface area contributed by atoms with E-state index in [-0.39, 0.29) is 0 Å². The molecule has 0 aromatic carbocycles. The van der Waals surface area contributed by atoms with Crippen LogP contribution >= 0.6 is 98.5 Å². The van der Waals surface area contributed by atoms with Crippen LogP contribution in [-0.4, -0.2) is 16.4 Å². The number of hydrogen-bond donors (Lipinski definition) is 0. The fourth-order valence-corrected chi connectivity index (χ4v) is 2.79. The Bertz CT molecular complexity index is 197. The molecule has 0 heterocycles. The minimum atomic E-state index is -3.70. The number of alkyl halides is 10. The lowest BCUT2D eigenvalue weighted by Gasteiger charge is -2.39. The van der Waals surface area contributed by atoms with Crippen LogP contribution in [0.2, 0.25) is 0 Å². The van der Waals surface area contributed by atoms with Crippen molar-refractivity contribution >= 4 is 98.5 Å². The van der Waals surface area contributed by atoms with E-state index in [9.17, 15) is 13.2 Å². The molecule has 86 valence electrons. The molecule has 0 amide bonds. The van der Waals surface area contributed by atoms with E-state index in [0.29, 0.717) is 0 Å². The molecule has 0 rings (SSSR count). The Morgan fingerprint density at radius 1 is 0.714 bits per heavy atom. The maximum absolute atomic E-state index is 13.2. The zero-order chi connectivity index (χ0) is 12.0. The minimum Gasteiger partial charge on any atom is -0.210 e. The summed E-state index contributed by atoms with van der Waals surface area (Å²) >= 11 is 25.1. The Morgan fingerprint density at radius 3 is 1.07 bits per heavy atom. The molecule has 0 aromatic rings. The van der Waals surface area contributed by atoms with Crippen LogP contribution < -0.4 is 0 Å². The average Bonchev–Trinajstić information content (AvgIpc) is 1.81. The molecule has 0 aliphatic carbocycles. The molecule has 0 aliphatic rings. The van der Waals surface area contributed by atoms with Crippen molar-refractivity contribution in [2.75, 3.05) is 0 Å². The fraction of sp³-hybridized carbons (Fsp3) is 1.00. The topological polar surface area (TPSA) is 0 Å². The molecule has 0 aromatic heterocycles. The van der Waals surface area contributed by atoms with Crippen LogP contribution in [0.3, 0.4) is 0 Å². The molecule has 0 spiro atoms. The van der Waals surface area contributed by atoms with Crippen molar-refractivity contribution in [3.63, 3.8) is 0 Å².